The second kappa shape index (κ2) is 4.19. The number of rotatable bonds is 3. The largest absolute Gasteiger partial charge is 0.457 e. The smallest absolute Gasteiger partial charge is 0.338 e. The summed E-state index contributed by atoms with van der Waals surface area (Å²) in [6.07, 6.45) is -3.11. The van der Waals surface area contributed by atoms with Crippen molar-refractivity contribution in [3.05, 3.63) is 34.9 Å². The lowest BCUT2D eigenvalue weighted by Crippen LogP contribution is -2.19. The van der Waals surface area contributed by atoms with Crippen molar-refractivity contribution in [2.75, 3.05) is 6.61 Å². The van der Waals surface area contributed by atoms with Crippen molar-refractivity contribution in [2.45, 2.75) is 18.9 Å². The summed E-state index contributed by atoms with van der Waals surface area (Å²) in [5.74, 6) is -0.417. The van der Waals surface area contributed by atoms with Crippen molar-refractivity contribution in [3.8, 4) is 0 Å². The fourth-order valence-corrected chi connectivity index (χ4v) is 1.64. The maximum absolute atomic E-state index is 13.6. The fourth-order valence-electron chi connectivity index (χ4n) is 1.64. The zero-order valence-electron chi connectivity index (χ0n) is 8.39. The van der Waals surface area contributed by atoms with Crippen molar-refractivity contribution < 1.29 is 24.1 Å². The molecule has 0 bridgehead atoms. The van der Waals surface area contributed by atoms with Gasteiger partial charge in [-0.1, -0.05) is 6.07 Å². The number of esters is 1. The third-order valence-corrected chi connectivity index (χ3v) is 2.55. The van der Waals surface area contributed by atoms with Crippen molar-refractivity contribution in [1.29, 1.82) is 0 Å². The van der Waals surface area contributed by atoms with Gasteiger partial charge in [-0.05, 0) is 17.7 Å². The Kier molecular flexibility index (Phi) is 2.89. The second-order valence-corrected chi connectivity index (χ2v) is 3.64. The molecule has 2 atom stereocenters. The molecule has 1 aliphatic heterocycles. The van der Waals surface area contributed by atoms with Crippen LogP contribution in [0.4, 0.5) is 4.39 Å². The standard InChI is InChI=1S/C11H11FO4/c12-10(9(14)4-13)6-1-2-8-7(3-6)5-16-11(8)15/h1-3,9-10,13-14H,4-5H2/t9-,10+/m1/s1. The van der Waals surface area contributed by atoms with Crippen LogP contribution in [0.5, 0.6) is 0 Å². The summed E-state index contributed by atoms with van der Waals surface area (Å²) >= 11 is 0. The summed E-state index contributed by atoms with van der Waals surface area (Å²) < 4.78 is 18.3. The number of benzene rings is 1. The zero-order chi connectivity index (χ0) is 11.7. The minimum atomic E-state index is -1.66. The van der Waals surface area contributed by atoms with Gasteiger partial charge >= 0.3 is 5.97 Å². The fraction of sp³-hybridized carbons (Fsp3) is 0.364. The normalized spacial score (nSPS) is 17.8. The van der Waals surface area contributed by atoms with E-state index in [1.165, 1.54) is 18.2 Å². The average molecular weight is 226 g/mol. The van der Waals surface area contributed by atoms with Crippen LogP contribution in [0.25, 0.3) is 0 Å². The number of hydrogen-bond acceptors (Lipinski definition) is 4. The van der Waals surface area contributed by atoms with E-state index in [-0.39, 0.29) is 12.2 Å². The summed E-state index contributed by atoms with van der Waals surface area (Å²) in [5.41, 5.74) is 1.27. The Balaban J connectivity index is 2.28. The van der Waals surface area contributed by atoms with Gasteiger partial charge in [0.2, 0.25) is 0 Å². The van der Waals surface area contributed by atoms with Crippen LogP contribution >= 0.6 is 0 Å². The van der Waals surface area contributed by atoms with Crippen LogP contribution in [0.15, 0.2) is 18.2 Å². The Labute approximate surface area is 91.3 Å². The molecule has 4 nitrogen and oxygen atoms in total. The van der Waals surface area contributed by atoms with Crippen LogP contribution in [0.1, 0.15) is 27.7 Å². The minimum absolute atomic E-state index is 0.129. The Morgan fingerprint density at radius 1 is 1.50 bits per heavy atom. The van der Waals surface area contributed by atoms with Crippen molar-refractivity contribution in [1.82, 2.24) is 0 Å². The lowest BCUT2D eigenvalue weighted by molar-refractivity contribution is 0.0278. The number of halogens is 1. The van der Waals surface area contributed by atoms with Crippen LogP contribution < -0.4 is 0 Å². The van der Waals surface area contributed by atoms with Crippen LogP contribution in [-0.2, 0) is 11.3 Å². The van der Waals surface area contributed by atoms with Gasteiger partial charge in [-0.15, -0.1) is 0 Å². The molecule has 0 fully saturated rings. The Morgan fingerprint density at radius 3 is 2.94 bits per heavy atom. The molecule has 1 aromatic rings. The molecule has 0 aliphatic carbocycles. The zero-order valence-corrected chi connectivity index (χ0v) is 8.39. The number of hydrogen-bond donors (Lipinski definition) is 2. The second-order valence-electron chi connectivity index (χ2n) is 3.64. The average Bonchev–Trinajstić information content (AvgIpc) is 2.68. The van der Waals surface area contributed by atoms with E-state index in [0.717, 1.165) is 0 Å². The van der Waals surface area contributed by atoms with E-state index in [9.17, 15) is 9.18 Å². The number of cyclic esters (lactones) is 1. The highest BCUT2D eigenvalue weighted by atomic mass is 19.1. The summed E-state index contributed by atoms with van der Waals surface area (Å²) in [5, 5.41) is 17.8. The summed E-state index contributed by atoms with van der Waals surface area (Å²) in [4.78, 5) is 11.1. The third-order valence-electron chi connectivity index (χ3n) is 2.55. The van der Waals surface area contributed by atoms with Gasteiger partial charge in [0, 0.05) is 5.56 Å². The van der Waals surface area contributed by atoms with Gasteiger partial charge in [0.15, 0.2) is 6.17 Å². The number of carbonyl (C=O) groups excluding carboxylic acids is 1. The monoisotopic (exact) mass is 226 g/mol. The highest BCUT2D eigenvalue weighted by Gasteiger charge is 2.25. The van der Waals surface area contributed by atoms with Gasteiger partial charge in [-0.3, -0.25) is 0 Å². The topological polar surface area (TPSA) is 66.8 Å². The molecular formula is C11H11FO4. The first-order chi connectivity index (χ1) is 7.63. The highest BCUT2D eigenvalue weighted by molar-refractivity contribution is 5.93. The molecule has 2 rings (SSSR count). The van der Waals surface area contributed by atoms with Crippen LogP contribution in [0.3, 0.4) is 0 Å². The predicted molar refractivity (Wildman–Crippen MR) is 52.5 cm³/mol. The van der Waals surface area contributed by atoms with Gasteiger partial charge in [0.1, 0.15) is 12.7 Å². The van der Waals surface area contributed by atoms with Gasteiger partial charge < -0.3 is 14.9 Å². The van der Waals surface area contributed by atoms with Gasteiger partial charge in [-0.2, -0.15) is 0 Å². The molecule has 1 heterocycles. The highest BCUT2D eigenvalue weighted by Crippen LogP contribution is 2.27. The Bertz CT molecular complexity index is 418. The first-order valence-electron chi connectivity index (χ1n) is 4.86. The van der Waals surface area contributed by atoms with Crippen LogP contribution in [-0.4, -0.2) is 28.9 Å². The molecule has 0 saturated heterocycles. The van der Waals surface area contributed by atoms with E-state index >= 15 is 0 Å². The summed E-state index contributed by atoms with van der Waals surface area (Å²) in [6.45, 7) is -0.516. The molecule has 86 valence electrons. The molecule has 5 heteroatoms. The maximum atomic E-state index is 13.6. The van der Waals surface area contributed by atoms with E-state index in [0.29, 0.717) is 11.1 Å². The molecule has 1 aromatic carbocycles. The van der Waals surface area contributed by atoms with Crippen molar-refractivity contribution >= 4 is 5.97 Å². The summed E-state index contributed by atoms with van der Waals surface area (Å²) in [7, 11) is 0. The molecule has 0 spiro atoms. The van der Waals surface area contributed by atoms with E-state index in [2.05, 4.69) is 0 Å². The lowest BCUT2D eigenvalue weighted by Gasteiger charge is -2.13. The van der Waals surface area contributed by atoms with Gasteiger partial charge in [0.05, 0.1) is 12.2 Å². The Morgan fingerprint density at radius 2 is 2.25 bits per heavy atom. The van der Waals surface area contributed by atoms with Crippen LogP contribution in [0.2, 0.25) is 0 Å². The number of aliphatic hydroxyl groups excluding tert-OH is 2. The molecule has 1 aliphatic rings. The van der Waals surface area contributed by atoms with Gasteiger partial charge in [0.25, 0.3) is 0 Å². The van der Waals surface area contributed by atoms with E-state index < -0.39 is 24.9 Å². The predicted octanol–water partition coefficient (Wildman–Crippen LogP) is 0.721. The minimum Gasteiger partial charge on any atom is -0.457 e. The first kappa shape index (κ1) is 11.0. The number of ether oxygens (including phenoxy) is 1. The van der Waals surface area contributed by atoms with E-state index in [1.54, 1.807) is 0 Å². The summed E-state index contributed by atoms with van der Waals surface area (Å²) in [6, 6.07) is 4.36. The SMILES string of the molecule is O=C1OCc2cc([C@H](F)[C@H](O)CO)ccc21. The quantitative estimate of drug-likeness (QED) is 0.745. The van der Waals surface area contributed by atoms with Crippen molar-refractivity contribution in [2.24, 2.45) is 0 Å². The molecule has 0 saturated carbocycles. The number of fused-ring (bicyclic) bond motifs is 1. The first-order valence-corrected chi connectivity index (χ1v) is 4.86. The maximum Gasteiger partial charge on any atom is 0.338 e. The van der Waals surface area contributed by atoms with Gasteiger partial charge in [-0.25, -0.2) is 9.18 Å². The molecule has 16 heavy (non-hydrogen) atoms. The van der Waals surface area contributed by atoms with E-state index in [4.69, 9.17) is 14.9 Å². The van der Waals surface area contributed by atoms with Crippen LogP contribution in [0, 0.1) is 0 Å². The van der Waals surface area contributed by atoms with Crippen molar-refractivity contribution in [3.63, 3.8) is 0 Å². The Hall–Kier alpha value is -1.46. The molecule has 0 radical (unpaired) electrons. The van der Waals surface area contributed by atoms with E-state index in [1.807, 2.05) is 0 Å². The molecule has 0 amide bonds. The number of carbonyl (C=O) groups is 1. The number of alkyl halides is 1. The molecule has 2 N–H and O–H groups in total. The number of aliphatic hydroxyl groups is 2. The molecule has 0 aromatic heterocycles. The third kappa shape index (κ3) is 1.79. The molecule has 0 unspecified atom stereocenters. The molecular weight excluding hydrogens is 215 g/mol. The lowest BCUT2D eigenvalue weighted by atomic mass is 10.0.